The second-order valence-corrected chi connectivity index (χ2v) is 8.40. The number of nitrogens with one attached hydrogen (secondary N) is 3. The lowest BCUT2D eigenvalue weighted by Crippen LogP contribution is -2.28. The van der Waals surface area contributed by atoms with Crippen LogP contribution in [0.1, 0.15) is 40.3 Å². The number of amides is 2. The topological polar surface area (TPSA) is 113 Å². The molecule has 8 nitrogen and oxygen atoms in total. The highest BCUT2D eigenvalue weighted by molar-refractivity contribution is 8.00. The zero-order chi connectivity index (χ0) is 23.8. The van der Waals surface area contributed by atoms with E-state index in [-0.39, 0.29) is 17.7 Å². The first kappa shape index (κ1) is 24.1. The number of anilines is 1. The highest BCUT2D eigenvalue weighted by Gasteiger charge is 2.17. The number of rotatable bonds is 9. The van der Waals surface area contributed by atoms with Crippen molar-refractivity contribution in [1.29, 1.82) is 0 Å². The Morgan fingerprint density at radius 2 is 1.76 bits per heavy atom. The maximum Gasteiger partial charge on any atom is 0.316 e. The van der Waals surface area contributed by atoms with Crippen molar-refractivity contribution in [3.8, 4) is 0 Å². The van der Waals surface area contributed by atoms with E-state index in [0.29, 0.717) is 11.3 Å². The molecule has 0 fully saturated rings. The molecule has 0 aliphatic carbocycles. The van der Waals surface area contributed by atoms with Crippen LogP contribution >= 0.6 is 11.8 Å². The Hall–Kier alpha value is -3.59. The van der Waals surface area contributed by atoms with E-state index in [1.807, 2.05) is 51.1 Å². The molecule has 172 valence electrons. The Kier molecular flexibility index (Phi) is 8.26. The Morgan fingerprint density at radius 1 is 1.06 bits per heavy atom. The Bertz CT molecular complexity index is 1110. The van der Waals surface area contributed by atoms with E-state index < -0.39 is 18.5 Å². The lowest BCUT2D eigenvalue weighted by molar-refractivity contribution is -0.144. The molecule has 0 unspecified atom stereocenters. The van der Waals surface area contributed by atoms with Gasteiger partial charge in [0, 0.05) is 5.69 Å². The molecule has 1 atom stereocenters. The standard InChI is InChI=1S/C24H26N4O4S/c1-15(18-9-5-4-6-10-18)25-24(31)19-11-7-8-12-20(19)26-21(29)13-32-22(30)14-33-23-16(2)27-28-17(23)3/h4-12,15H,13-14H2,1-3H3,(H,25,31)(H,26,29)(H,27,28)/t15-/m1/s1. The monoisotopic (exact) mass is 466 g/mol. The minimum atomic E-state index is -0.527. The molecule has 0 bridgehead atoms. The van der Waals surface area contributed by atoms with Crippen molar-refractivity contribution in [2.75, 3.05) is 17.7 Å². The summed E-state index contributed by atoms with van der Waals surface area (Å²) >= 11 is 1.30. The van der Waals surface area contributed by atoms with Gasteiger partial charge in [-0.25, -0.2) is 0 Å². The van der Waals surface area contributed by atoms with Crippen molar-refractivity contribution in [3.05, 3.63) is 77.1 Å². The summed E-state index contributed by atoms with van der Waals surface area (Å²) in [6.45, 7) is 5.16. The third-order valence-corrected chi connectivity index (χ3v) is 6.12. The highest BCUT2D eigenvalue weighted by Crippen LogP contribution is 2.24. The number of thioether (sulfide) groups is 1. The molecule has 0 radical (unpaired) electrons. The second-order valence-electron chi connectivity index (χ2n) is 7.41. The van der Waals surface area contributed by atoms with Gasteiger partial charge < -0.3 is 15.4 Å². The normalized spacial score (nSPS) is 11.5. The number of aromatic nitrogens is 2. The smallest absolute Gasteiger partial charge is 0.316 e. The fourth-order valence-electron chi connectivity index (χ4n) is 3.15. The number of benzene rings is 2. The third kappa shape index (κ3) is 6.69. The van der Waals surface area contributed by atoms with Crippen LogP contribution in [0.5, 0.6) is 0 Å². The molecule has 2 aromatic carbocycles. The van der Waals surface area contributed by atoms with Crippen LogP contribution in [-0.4, -0.2) is 40.3 Å². The van der Waals surface area contributed by atoms with E-state index in [1.54, 1.807) is 24.3 Å². The molecule has 0 saturated heterocycles. The SMILES string of the molecule is Cc1n[nH]c(C)c1SCC(=O)OCC(=O)Nc1ccccc1C(=O)N[C@H](C)c1ccccc1. The molecule has 0 aliphatic rings. The summed E-state index contributed by atoms with van der Waals surface area (Å²) < 4.78 is 5.07. The zero-order valence-corrected chi connectivity index (χ0v) is 19.5. The average Bonchev–Trinajstić information content (AvgIpc) is 3.14. The Balaban J connectivity index is 1.52. The molecule has 0 aliphatic heterocycles. The first-order chi connectivity index (χ1) is 15.8. The molecule has 1 heterocycles. The third-order valence-electron chi connectivity index (χ3n) is 4.85. The van der Waals surface area contributed by atoms with E-state index in [2.05, 4.69) is 20.8 Å². The summed E-state index contributed by atoms with van der Waals surface area (Å²) in [5, 5.41) is 12.5. The van der Waals surface area contributed by atoms with E-state index in [9.17, 15) is 14.4 Å². The minimum Gasteiger partial charge on any atom is -0.455 e. The molecule has 0 saturated carbocycles. The number of para-hydroxylation sites is 1. The van der Waals surface area contributed by atoms with Crippen LogP contribution in [0, 0.1) is 13.8 Å². The van der Waals surface area contributed by atoms with Crippen LogP contribution in [0.3, 0.4) is 0 Å². The minimum absolute atomic E-state index is 0.0604. The number of hydrogen-bond donors (Lipinski definition) is 3. The average molecular weight is 467 g/mol. The van der Waals surface area contributed by atoms with Crippen LogP contribution in [0.25, 0.3) is 0 Å². The van der Waals surface area contributed by atoms with Gasteiger partial charge in [0.05, 0.1) is 33.6 Å². The Morgan fingerprint density at radius 3 is 2.45 bits per heavy atom. The van der Waals surface area contributed by atoms with Crippen molar-refractivity contribution >= 4 is 35.2 Å². The van der Waals surface area contributed by atoms with Crippen molar-refractivity contribution in [1.82, 2.24) is 15.5 Å². The van der Waals surface area contributed by atoms with E-state index in [1.165, 1.54) is 11.8 Å². The first-order valence-corrected chi connectivity index (χ1v) is 11.4. The van der Waals surface area contributed by atoms with Crippen molar-refractivity contribution < 1.29 is 19.1 Å². The zero-order valence-electron chi connectivity index (χ0n) is 18.7. The first-order valence-electron chi connectivity index (χ1n) is 10.4. The lowest BCUT2D eigenvalue weighted by atomic mass is 10.1. The van der Waals surface area contributed by atoms with Gasteiger partial charge in [-0.3, -0.25) is 19.5 Å². The molecular formula is C24H26N4O4S. The lowest BCUT2D eigenvalue weighted by Gasteiger charge is -2.16. The molecule has 33 heavy (non-hydrogen) atoms. The maximum atomic E-state index is 12.8. The number of hydrogen-bond acceptors (Lipinski definition) is 6. The van der Waals surface area contributed by atoms with Crippen molar-refractivity contribution in [3.63, 3.8) is 0 Å². The summed E-state index contributed by atoms with van der Waals surface area (Å²) in [4.78, 5) is 38.0. The van der Waals surface area contributed by atoms with Crippen LogP contribution in [-0.2, 0) is 14.3 Å². The van der Waals surface area contributed by atoms with Crippen LogP contribution in [0.4, 0.5) is 5.69 Å². The van der Waals surface area contributed by atoms with Gasteiger partial charge in [0.2, 0.25) is 0 Å². The number of esters is 1. The molecule has 9 heteroatoms. The summed E-state index contributed by atoms with van der Waals surface area (Å²) in [6.07, 6.45) is 0. The molecule has 3 rings (SSSR count). The van der Waals surface area contributed by atoms with Crippen molar-refractivity contribution in [2.24, 2.45) is 0 Å². The van der Waals surface area contributed by atoms with E-state index >= 15 is 0 Å². The van der Waals surface area contributed by atoms with Gasteiger partial charge in [0.25, 0.3) is 11.8 Å². The second kappa shape index (κ2) is 11.3. The fraction of sp³-hybridized carbons (Fsp3) is 0.250. The number of carbonyl (C=O) groups is 3. The predicted octanol–water partition coefficient (Wildman–Crippen LogP) is 3.79. The summed E-state index contributed by atoms with van der Waals surface area (Å²) in [5.74, 6) is -1.30. The van der Waals surface area contributed by atoms with Gasteiger partial charge in [-0.05, 0) is 38.5 Å². The maximum absolute atomic E-state index is 12.8. The highest BCUT2D eigenvalue weighted by atomic mass is 32.2. The van der Waals surface area contributed by atoms with Crippen LogP contribution in [0.15, 0.2) is 59.5 Å². The number of nitrogens with zero attached hydrogens (tertiary/aromatic N) is 1. The van der Waals surface area contributed by atoms with E-state index in [0.717, 1.165) is 21.8 Å². The van der Waals surface area contributed by atoms with Gasteiger partial charge in [0.15, 0.2) is 6.61 Å². The fourth-order valence-corrected chi connectivity index (χ4v) is 4.01. The van der Waals surface area contributed by atoms with Gasteiger partial charge in [-0.2, -0.15) is 5.10 Å². The van der Waals surface area contributed by atoms with Crippen LogP contribution < -0.4 is 10.6 Å². The molecule has 3 aromatic rings. The van der Waals surface area contributed by atoms with Crippen LogP contribution in [0.2, 0.25) is 0 Å². The van der Waals surface area contributed by atoms with Crippen molar-refractivity contribution in [2.45, 2.75) is 31.7 Å². The molecule has 2 amide bonds. The summed E-state index contributed by atoms with van der Waals surface area (Å²) in [5.41, 5.74) is 3.31. The molecular weight excluding hydrogens is 440 g/mol. The number of H-pyrrole nitrogens is 1. The molecule has 3 N–H and O–H groups in total. The van der Waals surface area contributed by atoms with E-state index in [4.69, 9.17) is 4.74 Å². The number of aryl methyl sites for hydroxylation is 2. The summed E-state index contributed by atoms with van der Waals surface area (Å²) in [7, 11) is 0. The largest absolute Gasteiger partial charge is 0.455 e. The number of ether oxygens (including phenoxy) is 1. The number of aromatic amines is 1. The van der Waals surface area contributed by atoms with Gasteiger partial charge in [-0.1, -0.05) is 42.5 Å². The number of carbonyl (C=O) groups excluding carboxylic acids is 3. The summed E-state index contributed by atoms with van der Waals surface area (Å²) in [6, 6.07) is 16.1. The molecule has 1 aromatic heterocycles. The van der Waals surface area contributed by atoms with Gasteiger partial charge in [-0.15, -0.1) is 11.8 Å². The van der Waals surface area contributed by atoms with Gasteiger partial charge >= 0.3 is 5.97 Å². The molecule has 0 spiro atoms. The quantitative estimate of drug-likeness (QED) is 0.327. The Labute approximate surface area is 196 Å². The van der Waals surface area contributed by atoms with Gasteiger partial charge in [0.1, 0.15) is 0 Å². The predicted molar refractivity (Wildman–Crippen MR) is 127 cm³/mol.